The van der Waals surface area contributed by atoms with Gasteiger partial charge in [-0.3, -0.25) is 9.59 Å². The zero-order valence-corrected chi connectivity index (χ0v) is 19.5. The molecular weight excluding hydrogens is 426 g/mol. The molecule has 172 valence electrons. The molecular formula is C28H27N3O3. The minimum Gasteiger partial charge on any atom is -0.494 e. The Labute approximate surface area is 198 Å². The topological polar surface area (TPSA) is 63.6 Å². The predicted octanol–water partition coefficient (Wildman–Crippen LogP) is 5.13. The number of anilines is 1. The SMILES string of the molecule is CCOc1ccc(NC(=O)C2c3ccccc3C(=O)N(C)C2c2cn(C)c3ccccc23)cc1. The van der Waals surface area contributed by atoms with Crippen LogP contribution >= 0.6 is 0 Å². The van der Waals surface area contributed by atoms with Gasteiger partial charge in [0.25, 0.3) is 5.91 Å². The summed E-state index contributed by atoms with van der Waals surface area (Å²) in [6.07, 6.45) is 2.03. The van der Waals surface area contributed by atoms with Crippen molar-refractivity contribution in [3.8, 4) is 5.75 Å². The molecule has 3 aromatic carbocycles. The quantitative estimate of drug-likeness (QED) is 0.456. The summed E-state index contributed by atoms with van der Waals surface area (Å²) in [5, 5.41) is 4.11. The van der Waals surface area contributed by atoms with Gasteiger partial charge < -0.3 is 19.5 Å². The molecule has 2 unspecified atom stereocenters. The minimum absolute atomic E-state index is 0.0846. The summed E-state index contributed by atoms with van der Waals surface area (Å²) in [5.41, 5.74) is 4.00. The number of para-hydroxylation sites is 1. The Hall–Kier alpha value is -4.06. The highest BCUT2D eigenvalue weighted by Gasteiger charge is 2.43. The Kier molecular flexibility index (Phi) is 5.57. The number of aryl methyl sites for hydroxylation is 1. The molecule has 2 heterocycles. The predicted molar refractivity (Wildman–Crippen MR) is 133 cm³/mol. The number of ether oxygens (including phenoxy) is 1. The minimum atomic E-state index is -0.573. The number of hydrogen-bond donors (Lipinski definition) is 1. The van der Waals surface area contributed by atoms with Crippen LogP contribution in [-0.2, 0) is 11.8 Å². The van der Waals surface area contributed by atoms with Gasteiger partial charge >= 0.3 is 0 Å². The van der Waals surface area contributed by atoms with E-state index in [0.717, 1.165) is 27.8 Å². The van der Waals surface area contributed by atoms with Crippen LogP contribution in [0.1, 0.15) is 40.4 Å². The van der Waals surface area contributed by atoms with Crippen molar-refractivity contribution in [3.63, 3.8) is 0 Å². The number of rotatable bonds is 5. The number of aromatic nitrogens is 1. The largest absolute Gasteiger partial charge is 0.494 e. The van der Waals surface area contributed by atoms with E-state index in [9.17, 15) is 9.59 Å². The van der Waals surface area contributed by atoms with Crippen LogP contribution in [0.2, 0.25) is 0 Å². The Morgan fingerprint density at radius 2 is 1.65 bits per heavy atom. The molecule has 6 heteroatoms. The first kappa shape index (κ1) is 21.8. The van der Waals surface area contributed by atoms with Crippen LogP contribution in [0.5, 0.6) is 5.75 Å². The third-order valence-corrected chi connectivity index (χ3v) is 6.54. The normalized spacial score (nSPS) is 17.5. The van der Waals surface area contributed by atoms with E-state index in [-0.39, 0.29) is 11.8 Å². The fraction of sp³-hybridized carbons (Fsp3) is 0.214. The smallest absolute Gasteiger partial charge is 0.254 e. The number of fused-ring (bicyclic) bond motifs is 2. The van der Waals surface area contributed by atoms with Gasteiger partial charge in [-0.2, -0.15) is 0 Å². The second-order valence-electron chi connectivity index (χ2n) is 8.58. The van der Waals surface area contributed by atoms with E-state index in [0.29, 0.717) is 17.9 Å². The molecule has 6 nitrogen and oxygen atoms in total. The molecule has 0 saturated carbocycles. The average Bonchev–Trinajstić information content (AvgIpc) is 3.18. The van der Waals surface area contributed by atoms with Crippen molar-refractivity contribution in [2.24, 2.45) is 7.05 Å². The number of likely N-dealkylation sites (N-methyl/N-ethyl adjacent to an activating group) is 1. The maximum absolute atomic E-state index is 13.8. The lowest BCUT2D eigenvalue weighted by molar-refractivity contribution is -0.119. The number of nitrogens with zero attached hydrogens (tertiary/aromatic N) is 2. The second kappa shape index (κ2) is 8.71. The van der Waals surface area contributed by atoms with Crippen LogP contribution in [0.3, 0.4) is 0 Å². The van der Waals surface area contributed by atoms with Crippen LogP contribution in [0.15, 0.2) is 79.0 Å². The van der Waals surface area contributed by atoms with E-state index < -0.39 is 12.0 Å². The zero-order valence-electron chi connectivity index (χ0n) is 19.5. The van der Waals surface area contributed by atoms with Gasteiger partial charge in [-0.25, -0.2) is 0 Å². The van der Waals surface area contributed by atoms with E-state index in [1.165, 1.54) is 0 Å². The highest BCUT2D eigenvalue weighted by molar-refractivity contribution is 6.05. The molecule has 0 radical (unpaired) electrons. The Balaban J connectivity index is 1.60. The molecule has 5 rings (SSSR count). The summed E-state index contributed by atoms with van der Waals surface area (Å²) >= 11 is 0. The summed E-state index contributed by atoms with van der Waals surface area (Å²) < 4.78 is 7.56. The van der Waals surface area contributed by atoms with Crippen LogP contribution in [-0.4, -0.2) is 34.9 Å². The molecule has 1 N–H and O–H groups in total. The van der Waals surface area contributed by atoms with Crippen molar-refractivity contribution < 1.29 is 14.3 Å². The lowest BCUT2D eigenvalue weighted by atomic mass is 9.79. The summed E-state index contributed by atoms with van der Waals surface area (Å²) in [4.78, 5) is 28.9. The maximum Gasteiger partial charge on any atom is 0.254 e. The Morgan fingerprint density at radius 3 is 2.41 bits per heavy atom. The van der Waals surface area contributed by atoms with E-state index in [2.05, 4.69) is 5.32 Å². The molecule has 1 aliphatic heterocycles. The average molecular weight is 454 g/mol. The third-order valence-electron chi connectivity index (χ3n) is 6.54. The van der Waals surface area contributed by atoms with Gasteiger partial charge in [0.2, 0.25) is 5.91 Å². The summed E-state index contributed by atoms with van der Waals surface area (Å²) in [6, 6.07) is 22.4. The van der Waals surface area contributed by atoms with E-state index in [1.54, 1.807) is 18.0 Å². The fourth-order valence-electron chi connectivity index (χ4n) is 4.98. The number of amides is 2. The molecule has 34 heavy (non-hydrogen) atoms. The van der Waals surface area contributed by atoms with E-state index in [4.69, 9.17) is 4.74 Å². The lowest BCUT2D eigenvalue weighted by Crippen LogP contribution is -2.44. The van der Waals surface area contributed by atoms with Crippen LogP contribution < -0.4 is 10.1 Å². The van der Waals surface area contributed by atoms with E-state index >= 15 is 0 Å². The lowest BCUT2D eigenvalue weighted by Gasteiger charge is -2.39. The first-order chi connectivity index (χ1) is 16.5. The Morgan fingerprint density at radius 1 is 0.941 bits per heavy atom. The van der Waals surface area contributed by atoms with Crippen molar-refractivity contribution in [2.75, 3.05) is 19.0 Å². The number of nitrogens with one attached hydrogen (secondary N) is 1. The summed E-state index contributed by atoms with van der Waals surface area (Å²) in [5.74, 6) is -0.0636. The van der Waals surface area contributed by atoms with Crippen LogP contribution in [0.4, 0.5) is 5.69 Å². The van der Waals surface area contributed by atoms with Crippen LogP contribution in [0, 0.1) is 0 Å². The van der Waals surface area contributed by atoms with Gasteiger partial charge in [0.1, 0.15) is 5.75 Å². The standard InChI is InChI=1S/C28H27N3O3/c1-4-34-19-15-13-18(14-16-19)29-27(32)25-21-10-5-6-11-22(21)28(33)31(3)26(25)23-17-30(2)24-12-8-7-9-20(23)24/h5-17,25-26H,4H2,1-3H3,(H,29,32). The fourth-order valence-corrected chi connectivity index (χ4v) is 4.98. The van der Waals surface area contributed by atoms with Gasteiger partial charge in [-0.15, -0.1) is 0 Å². The molecule has 4 aromatic rings. The van der Waals surface area contributed by atoms with Gasteiger partial charge in [-0.1, -0.05) is 36.4 Å². The Bertz CT molecular complexity index is 1370. The molecule has 2 atom stereocenters. The monoisotopic (exact) mass is 453 g/mol. The molecule has 0 bridgehead atoms. The molecule has 0 spiro atoms. The highest BCUT2D eigenvalue weighted by atomic mass is 16.5. The van der Waals surface area contributed by atoms with Crippen molar-refractivity contribution in [1.29, 1.82) is 0 Å². The molecule has 1 aromatic heterocycles. The third kappa shape index (κ3) is 3.61. The van der Waals surface area contributed by atoms with Gasteiger partial charge in [-0.05, 0) is 48.9 Å². The zero-order chi connectivity index (χ0) is 23.8. The molecule has 0 aliphatic carbocycles. The molecule has 1 aliphatic rings. The van der Waals surface area contributed by atoms with Crippen molar-refractivity contribution in [2.45, 2.75) is 18.9 Å². The number of benzene rings is 3. The molecule has 0 saturated heterocycles. The van der Waals surface area contributed by atoms with Gasteiger partial charge in [0.05, 0.1) is 18.6 Å². The first-order valence-electron chi connectivity index (χ1n) is 11.4. The van der Waals surface area contributed by atoms with Crippen LogP contribution in [0.25, 0.3) is 10.9 Å². The first-order valence-corrected chi connectivity index (χ1v) is 11.4. The summed E-state index contributed by atoms with van der Waals surface area (Å²) in [7, 11) is 3.77. The summed E-state index contributed by atoms with van der Waals surface area (Å²) in [6.45, 7) is 2.51. The van der Waals surface area contributed by atoms with E-state index in [1.807, 2.05) is 91.5 Å². The number of carbonyl (C=O) groups is 2. The van der Waals surface area contributed by atoms with Crippen molar-refractivity contribution in [3.05, 3.63) is 95.7 Å². The highest BCUT2D eigenvalue weighted by Crippen LogP contribution is 2.44. The molecule has 2 amide bonds. The maximum atomic E-state index is 13.8. The number of hydrogen-bond acceptors (Lipinski definition) is 3. The van der Waals surface area contributed by atoms with Gasteiger partial charge in [0, 0.05) is 48.0 Å². The number of carbonyl (C=O) groups excluding carboxylic acids is 2. The second-order valence-corrected chi connectivity index (χ2v) is 8.58. The van der Waals surface area contributed by atoms with Crippen molar-refractivity contribution in [1.82, 2.24) is 9.47 Å². The van der Waals surface area contributed by atoms with Crippen molar-refractivity contribution >= 4 is 28.4 Å². The van der Waals surface area contributed by atoms with Gasteiger partial charge in [0.15, 0.2) is 0 Å². The molecule has 0 fully saturated rings.